The van der Waals surface area contributed by atoms with Crippen molar-refractivity contribution in [2.24, 2.45) is 5.92 Å². The highest BCUT2D eigenvalue weighted by Crippen LogP contribution is 2.31. The fraction of sp³-hybridized carbons (Fsp3) is 0.211. The van der Waals surface area contributed by atoms with Crippen LogP contribution in [0.3, 0.4) is 0 Å². The van der Waals surface area contributed by atoms with Gasteiger partial charge in [-0.05, 0) is 80.6 Å². The second-order valence-corrected chi connectivity index (χ2v) is 12.3. The Bertz CT molecular complexity index is 2310. The number of rotatable bonds is 4. The Kier molecular flexibility index (Phi) is 7.17. The van der Waals surface area contributed by atoms with E-state index < -0.39 is 0 Å². The standard InChI is InChI=1S/C23H24N4.C15H12N4/c1-15-25-22-19(11-12-24-23(22)26-15)21-14-18-13-17(9-10-20(18)27-21)8-7-16-5-3-2-4-6-16;1-9-17-14-11(6-7-16-15(14)18-9)13-8-10-4-2-3-5-12(10)19-13/h7-14,16,27H,2-6H2,1H3,(H,24,25,26);2-8,19H,1H3,(H,16,17,18)/b8-7+;. The van der Waals surface area contributed by atoms with Crippen molar-refractivity contribution < 1.29 is 0 Å². The summed E-state index contributed by atoms with van der Waals surface area (Å²) in [6.45, 7) is 3.90. The number of hydrogen-bond acceptors (Lipinski definition) is 4. The number of nitrogens with one attached hydrogen (secondary N) is 4. The third-order valence-electron chi connectivity index (χ3n) is 8.99. The lowest BCUT2D eigenvalue weighted by Gasteiger charge is -2.17. The molecule has 6 heterocycles. The molecule has 0 bridgehead atoms. The SMILES string of the molecule is Cc1nc2nccc(-c3cc4cc(/C=C/C5CCCCC5)ccc4[nH]3)c2[nH]1.Cc1nc2nccc(-c3cc4ccccc4[nH]3)c2[nH]1. The van der Waals surface area contributed by atoms with Crippen molar-refractivity contribution in [3.8, 4) is 22.5 Å². The van der Waals surface area contributed by atoms with Crippen molar-refractivity contribution >= 4 is 50.2 Å². The lowest BCUT2D eigenvalue weighted by molar-refractivity contribution is 0.420. The highest BCUT2D eigenvalue weighted by atomic mass is 15.0. The first-order chi connectivity index (χ1) is 22.6. The fourth-order valence-corrected chi connectivity index (χ4v) is 6.69. The monoisotopic (exact) mass is 604 g/mol. The number of hydrogen-bond donors (Lipinski definition) is 4. The molecule has 1 aliphatic carbocycles. The van der Waals surface area contributed by atoms with Gasteiger partial charge in [-0.25, -0.2) is 19.9 Å². The van der Waals surface area contributed by atoms with Crippen LogP contribution < -0.4 is 0 Å². The van der Waals surface area contributed by atoms with Gasteiger partial charge < -0.3 is 19.9 Å². The van der Waals surface area contributed by atoms with Gasteiger partial charge in [-0.1, -0.05) is 55.7 Å². The molecule has 8 aromatic rings. The molecule has 0 amide bonds. The quantitative estimate of drug-likeness (QED) is 0.160. The van der Waals surface area contributed by atoms with E-state index in [1.807, 2.05) is 44.3 Å². The Morgan fingerprint density at radius 2 is 1.24 bits per heavy atom. The van der Waals surface area contributed by atoms with E-state index in [0.717, 1.165) is 73.4 Å². The van der Waals surface area contributed by atoms with Gasteiger partial charge in [-0.3, -0.25) is 0 Å². The minimum absolute atomic E-state index is 0.755. The summed E-state index contributed by atoms with van der Waals surface area (Å²) >= 11 is 0. The van der Waals surface area contributed by atoms with Gasteiger partial charge >= 0.3 is 0 Å². The summed E-state index contributed by atoms with van der Waals surface area (Å²) in [5, 5.41) is 2.44. The zero-order valence-electron chi connectivity index (χ0n) is 26.1. The Hall–Kier alpha value is -5.50. The molecular formula is C38H36N8. The van der Waals surface area contributed by atoms with Crippen molar-refractivity contribution in [3.63, 3.8) is 0 Å². The molecule has 6 aromatic heterocycles. The number of para-hydroxylation sites is 1. The second kappa shape index (κ2) is 11.8. The van der Waals surface area contributed by atoms with E-state index in [9.17, 15) is 0 Å². The summed E-state index contributed by atoms with van der Waals surface area (Å²) in [6, 6.07) is 23.3. The van der Waals surface area contributed by atoms with Crippen LogP contribution in [-0.2, 0) is 0 Å². The van der Waals surface area contributed by atoms with Crippen molar-refractivity contribution in [1.29, 1.82) is 0 Å². The number of benzene rings is 2. The van der Waals surface area contributed by atoms with E-state index in [1.165, 1.54) is 48.4 Å². The number of aryl methyl sites for hydroxylation is 2. The van der Waals surface area contributed by atoms with E-state index in [-0.39, 0.29) is 0 Å². The van der Waals surface area contributed by atoms with Gasteiger partial charge in [-0.2, -0.15) is 0 Å². The molecule has 0 atom stereocenters. The number of pyridine rings is 2. The Labute approximate surface area is 266 Å². The van der Waals surface area contributed by atoms with Crippen LogP contribution in [-0.4, -0.2) is 39.9 Å². The van der Waals surface area contributed by atoms with Crippen LogP contribution in [0.1, 0.15) is 49.3 Å². The van der Waals surface area contributed by atoms with Gasteiger partial charge in [0.2, 0.25) is 0 Å². The molecule has 0 spiro atoms. The lowest BCUT2D eigenvalue weighted by atomic mass is 9.89. The van der Waals surface area contributed by atoms with E-state index in [0.29, 0.717) is 0 Å². The molecule has 1 fully saturated rings. The maximum Gasteiger partial charge on any atom is 0.178 e. The third kappa shape index (κ3) is 5.47. The molecule has 0 radical (unpaired) electrons. The van der Waals surface area contributed by atoms with Crippen LogP contribution >= 0.6 is 0 Å². The average Bonchev–Trinajstić information content (AvgIpc) is 3.87. The molecule has 2 aromatic carbocycles. The zero-order valence-corrected chi connectivity index (χ0v) is 26.1. The molecule has 9 rings (SSSR count). The van der Waals surface area contributed by atoms with E-state index in [2.05, 4.69) is 94.5 Å². The maximum atomic E-state index is 4.45. The number of nitrogens with zero attached hydrogens (tertiary/aromatic N) is 4. The van der Waals surface area contributed by atoms with Crippen LogP contribution in [0.5, 0.6) is 0 Å². The van der Waals surface area contributed by atoms with E-state index in [1.54, 1.807) is 6.20 Å². The highest BCUT2D eigenvalue weighted by Gasteiger charge is 2.13. The summed E-state index contributed by atoms with van der Waals surface area (Å²) in [4.78, 5) is 31.1. The van der Waals surface area contributed by atoms with Crippen LogP contribution in [0.2, 0.25) is 0 Å². The maximum absolute atomic E-state index is 4.45. The van der Waals surface area contributed by atoms with Gasteiger partial charge in [0, 0.05) is 56.7 Å². The normalized spacial score (nSPS) is 14.1. The van der Waals surface area contributed by atoms with Crippen LogP contribution in [0.25, 0.3) is 72.7 Å². The van der Waals surface area contributed by atoms with Gasteiger partial charge in [-0.15, -0.1) is 0 Å². The second-order valence-electron chi connectivity index (χ2n) is 12.3. The number of fused-ring (bicyclic) bond motifs is 4. The number of imidazole rings is 2. The summed E-state index contributed by atoms with van der Waals surface area (Å²) in [5.74, 6) is 2.52. The highest BCUT2D eigenvalue weighted by molar-refractivity contribution is 5.95. The molecule has 1 aliphatic rings. The van der Waals surface area contributed by atoms with Crippen molar-refractivity contribution in [2.75, 3.05) is 0 Å². The van der Waals surface area contributed by atoms with Gasteiger partial charge in [0.05, 0.1) is 11.0 Å². The molecule has 8 heteroatoms. The molecule has 8 nitrogen and oxygen atoms in total. The number of allylic oxidation sites excluding steroid dienone is 1. The van der Waals surface area contributed by atoms with E-state index in [4.69, 9.17) is 0 Å². The fourth-order valence-electron chi connectivity index (χ4n) is 6.69. The summed E-state index contributed by atoms with van der Waals surface area (Å²) in [6.07, 6.45) is 15.2. The molecule has 46 heavy (non-hydrogen) atoms. The summed E-state index contributed by atoms with van der Waals surface area (Å²) < 4.78 is 0. The Morgan fingerprint density at radius 3 is 1.89 bits per heavy atom. The largest absolute Gasteiger partial charge is 0.354 e. The Morgan fingerprint density at radius 1 is 0.630 bits per heavy atom. The third-order valence-corrected chi connectivity index (χ3v) is 8.99. The van der Waals surface area contributed by atoms with Gasteiger partial charge in [0.25, 0.3) is 0 Å². The van der Waals surface area contributed by atoms with Gasteiger partial charge in [0.15, 0.2) is 11.3 Å². The van der Waals surface area contributed by atoms with Crippen LogP contribution in [0, 0.1) is 19.8 Å². The average molecular weight is 605 g/mol. The molecule has 1 saturated carbocycles. The minimum atomic E-state index is 0.755. The first-order valence-electron chi connectivity index (χ1n) is 16.1. The lowest BCUT2D eigenvalue weighted by Crippen LogP contribution is -2.02. The molecular weight excluding hydrogens is 568 g/mol. The number of aromatic amines is 4. The predicted molar refractivity (Wildman–Crippen MR) is 187 cm³/mol. The molecule has 0 unspecified atom stereocenters. The smallest absolute Gasteiger partial charge is 0.178 e. The van der Waals surface area contributed by atoms with Crippen molar-refractivity contribution in [3.05, 3.63) is 102 Å². The number of H-pyrrole nitrogens is 4. The van der Waals surface area contributed by atoms with Crippen LogP contribution in [0.15, 0.2) is 85.2 Å². The molecule has 228 valence electrons. The predicted octanol–water partition coefficient (Wildman–Crippen LogP) is 9.42. The minimum Gasteiger partial charge on any atom is -0.354 e. The Balaban J connectivity index is 0.000000144. The van der Waals surface area contributed by atoms with Crippen LogP contribution in [0.4, 0.5) is 0 Å². The van der Waals surface area contributed by atoms with Gasteiger partial charge in [0.1, 0.15) is 11.6 Å². The first-order valence-corrected chi connectivity index (χ1v) is 16.1. The topological polar surface area (TPSA) is 115 Å². The van der Waals surface area contributed by atoms with E-state index >= 15 is 0 Å². The molecule has 4 N–H and O–H groups in total. The number of aromatic nitrogens is 8. The summed E-state index contributed by atoms with van der Waals surface area (Å²) in [5.41, 5.74) is 11.4. The van der Waals surface area contributed by atoms with Crippen molar-refractivity contribution in [1.82, 2.24) is 39.9 Å². The zero-order chi connectivity index (χ0) is 31.0. The molecule has 0 aliphatic heterocycles. The first kappa shape index (κ1) is 28.0. The summed E-state index contributed by atoms with van der Waals surface area (Å²) in [7, 11) is 0. The molecule has 0 saturated heterocycles. The van der Waals surface area contributed by atoms with Crippen molar-refractivity contribution in [2.45, 2.75) is 46.0 Å².